The number of furan rings is 1. The standard InChI is InChI=1S/C23H21NO5/c1-2-11-26-19-7-4-3-6-17(19)16-24(23(25)21-8-5-12-27-21)18-9-10-20-22(15-18)29-14-13-28-20/h2-10,12,15H,1,11,13-14,16H2. The maximum absolute atomic E-state index is 13.2. The highest BCUT2D eigenvalue weighted by molar-refractivity contribution is 6.04. The van der Waals surface area contributed by atoms with Crippen molar-refractivity contribution in [2.45, 2.75) is 6.54 Å². The molecule has 1 aliphatic heterocycles. The molecule has 6 heteroatoms. The van der Waals surface area contributed by atoms with E-state index in [0.29, 0.717) is 49.3 Å². The number of benzene rings is 2. The first-order chi connectivity index (χ1) is 14.3. The molecule has 1 amide bonds. The highest BCUT2D eigenvalue weighted by Gasteiger charge is 2.24. The predicted octanol–water partition coefficient (Wildman–Crippen LogP) is 4.46. The fraction of sp³-hybridized carbons (Fsp3) is 0.174. The number of carbonyl (C=O) groups excluding carboxylic acids is 1. The number of rotatable bonds is 7. The Kier molecular flexibility index (Phi) is 5.52. The third kappa shape index (κ3) is 4.11. The summed E-state index contributed by atoms with van der Waals surface area (Å²) in [5.41, 5.74) is 1.54. The molecule has 0 bridgehead atoms. The van der Waals surface area contributed by atoms with E-state index < -0.39 is 0 Å². The van der Waals surface area contributed by atoms with E-state index in [-0.39, 0.29) is 11.7 Å². The summed E-state index contributed by atoms with van der Waals surface area (Å²) in [6.07, 6.45) is 3.17. The van der Waals surface area contributed by atoms with Crippen LogP contribution in [0.25, 0.3) is 0 Å². The van der Waals surface area contributed by atoms with E-state index in [1.165, 1.54) is 6.26 Å². The Hall–Kier alpha value is -3.67. The molecule has 2 aromatic carbocycles. The fourth-order valence-corrected chi connectivity index (χ4v) is 3.11. The maximum atomic E-state index is 13.2. The van der Waals surface area contributed by atoms with Crippen LogP contribution in [0.2, 0.25) is 0 Å². The first-order valence-corrected chi connectivity index (χ1v) is 9.33. The van der Waals surface area contributed by atoms with Gasteiger partial charge in [0.1, 0.15) is 25.6 Å². The minimum atomic E-state index is -0.259. The number of hydrogen-bond donors (Lipinski definition) is 0. The van der Waals surface area contributed by atoms with Crippen molar-refractivity contribution in [1.29, 1.82) is 0 Å². The zero-order chi connectivity index (χ0) is 20.1. The summed E-state index contributed by atoms with van der Waals surface area (Å²) < 4.78 is 22.4. The number of anilines is 1. The first-order valence-electron chi connectivity index (χ1n) is 9.33. The molecule has 0 saturated carbocycles. The third-order valence-electron chi connectivity index (χ3n) is 4.47. The summed E-state index contributed by atoms with van der Waals surface area (Å²) in [5, 5.41) is 0. The Morgan fingerprint density at radius 2 is 1.90 bits per heavy atom. The highest BCUT2D eigenvalue weighted by atomic mass is 16.6. The number of para-hydroxylation sites is 1. The van der Waals surface area contributed by atoms with E-state index in [1.807, 2.05) is 42.5 Å². The van der Waals surface area contributed by atoms with Gasteiger partial charge in [-0.05, 0) is 30.3 Å². The number of carbonyl (C=O) groups is 1. The van der Waals surface area contributed by atoms with E-state index in [0.717, 1.165) is 5.56 Å². The number of hydrogen-bond acceptors (Lipinski definition) is 5. The van der Waals surface area contributed by atoms with E-state index in [2.05, 4.69) is 6.58 Å². The Balaban J connectivity index is 1.70. The Labute approximate surface area is 168 Å². The lowest BCUT2D eigenvalue weighted by Crippen LogP contribution is -2.30. The van der Waals surface area contributed by atoms with Crippen LogP contribution in [0, 0.1) is 0 Å². The third-order valence-corrected chi connectivity index (χ3v) is 4.47. The Morgan fingerprint density at radius 3 is 2.69 bits per heavy atom. The topological polar surface area (TPSA) is 61.1 Å². The lowest BCUT2D eigenvalue weighted by atomic mass is 10.1. The molecule has 0 fully saturated rings. The van der Waals surface area contributed by atoms with Crippen LogP contribution in [-0.4, -0.2) is 25.7 Å². The molecule has 6 nitrogen and oxygen atoms in total. The molecule has 148 valence electrons. The minimum Gasteiger partial charge on any atom is -0.489 e. The maximum Gasteiger partial charge on any atom is 0.294 e. The fourth-order valence-electron chi connectivity index (χ4n) is 3.11. The lowest BCUT2D eigenvalue weighted by Gasteiger charge is -2.25. The summed E-state index contributed by atoms with van der Waals surface area (Å²) >= 11 is 0. The summed E-state index contributed by atoms with van der Waals surface area (Å²) in [6, 6.07) is 16.4. The molecule has 1 aliphatic rings. The van der Waals surface area contributed by atoms with Gasteiger partial charge in [-0.1, -0.05) is 30.9 Å². The van der Waals surface area contributed by atoms with E-state index in [4.69, 9.17) is 18.6 Å². The van der Waals surface area contributed by atoms with Crippen LogP contribution < -0.4 is 19.1 Å². The van der Waals surface area contributed by atoms with Gasteiger partial charge in [0, 0.05) is 17.3 Å². The molecule has 0 atom stereocenters. The normalized spacial score (nSPS) is 12.3. The van der Waals surface area contributed by atoms with Crippen LogP contribution in [0.15, 0.2) is 77.9 Å². The minimum absolute atomic E-state index is 0.254. The molecule has 2 heterocycles. The van der Waals surface area contributed by atoms with Crippen molar-refractivity contribution in [2.75, 3.05) is 24.7 Å². The summed E-state index contributed by atoms with van der Waals surface area (Å²) in [7, 11) is 0. The van der Waals surface area contributed by atoms with Crippen molar-refractivity contribution < 1.29 is 23.4 Å². The number of amides is 1. The van der Waals surface area contributed by atoms with Crippen LogP contribution in [-0.2, 0) is 6.54 Å². The second kappa shape index (κ2) is 8.56. The molecule has 3 aromatic rings. The van der Waals surface area contributed by atoms with Crippen LogP contribution in [0.4, 0.5) is 5.69 Å². The smallest absolute Gasteiger partial charge is 0.294 e. The van der Waals surface area contributed by atoms with Gasteiger partial charge in [0.2, 0.25) is 0 Å². The van der Waals surface area contributed by atoms with E-state index in [1.54, 1.807) is 23.1 Å². The van der Waals surface area contributed by atoms with Crippen molar-refractivity contribution in [1.82, 2.24) is 0 Å². The lowest BCUT2D eigenvalue weighted by molar-refractivity contribution is 0.0958. The van der Waals surface area contributed by atoms with Crippen LogP contribution in [0.5, 0.6) is 17.2 Å². The van der Waals surface area contributed by atoms with Crippen molar-refractivity contribution in [3.8, 4) is 17.2 Å². The molecule has 1 aromatic heterocycles. The molecule has 0 saturated heterocycles. The van der Waals surface area contributed by atoms with E-state index in [9.17, 15) is 4.79 Å². The molecule has 0 spiro atoms. The van der Waals surface area contributed by atoms with Gasteiger partial charge in [-0.15, -0.1) is 0 Å². The van der Waals surface area contributed by atoms with E-state index >= 15 is 0 Å². The SMILES string of the molecule is C=CCOc1ccccc1CN(C(=O)c1ccco1)c1ccc2c(c1)OCCO2. The van der Waals surface area contributed by atoms with Gasteiger partial charge in [0.25, 0.3) is 5.91 Å². The van der Waals surface area contributed by atoms with Gasteiger partial charge >= 0.3 is 0 Å². The van der Waals surface area contributed by atoms with Gasteiger partial charge in [-0.25, -0.2) is 0 Å². The van der Waals surface area contributed by atoms with Crippen LogP contribution in [0.1, 0.15) is 16.1 Å². The first kappa shape index (κ1) is 18.7. The largest absolute Gasteiger partial charge is 0.489 e. The van der Waals surface area contributed by atoms with Crippen molar-refractivity contribution >= 4 is 11.6 Å². The van der Waals surface area contributed by atoms with Gasteiger partial charge in [0.05, 0.1) is 12.8 Å². The average Bonchev–Trinajstić information content (AvgIpc) is 3.31. The van der Waals surface area contributed by atoms with Gasteiger partial charge in [-0.3, -0.25) is 4.79 Å². The van der Waals surface area contributed by atoms with Crippen LogP contribution in [0.3, 0.4) is 0 Å². The Morgan fingerprint density at radius 1 is 1.07 bits per heavy atom. The molecule has 0 unspecified atom stereocenters. The van der Waals surface area contributed by atoms with Crippen molar-refractivity contribution in [3.63, 3.8) is 0 Å². The molecule has 29 heavy (non-hydrogen) atoms. The molecule has 0 N–H and O–H groups in total. The van der Waals surface area contributed by atoms with Crippen molar-refractivity contribution in [2.24, 2.45) is 0 Å². The molecule has 0 aliphatic carbocycles. The van der Waals surface area contributed by atoms with Gasteiger partial charge in [-0.2, -0.15) is 0 Å². The molecular formula is C23H21NO5. The zero-order valence-corrected chi connectivity index (χ0v) is 15.9. The molecular weight excluding hydrogens is 370 g/mol. The monoisotopic (exact) mass is 391 g/mol. The quantitative estimate of drug-likeness (QED) is 0.557. The molecule has 4 rings (SSSR count). The predicted molar refractivity (Wildman–Crippen MR) is 109 cm³/mol. The highest BCUT2D eigenvalue weighted by Crippen LogP contribution is 2.35. The molecule has 0 radical (unpaired) electrons. The van der Waals surface area contributed by atoms with Crippen LogP contribution >= 0.6 is 0 Å². The second-order valence-corrected chi connectivity index (χ2v) is 6.40. The summed E-state index contributed by atoms with van der Waals surface area (Å²) in [6.45, 7) is 5.35. The van der Waals surface area contributed by atoms with Gasteiger partial charge in [0.15, 0.2) is 17.3 Å². The summed E-state index contributed by atoms with van der Waals surface area (Å²) in [4.78, 5) is 14.8. The number of ether oxygens (including phenoxy) is 3. The zero-order valence-electron chi connectivity index (χ0n) is 15.9. The summed E-state index contributed by atoms with van der Waals surface area (Å²) in [5.74, 6) is 1.97. The average molecular weight is 391 g/mol. The Bertz CT molecular complexity index is 996. The number of nitrogens with zero attached hydrogens (tertiary/aromatic N) is 1. The van der Waals surface area contributed by atoms with Gasteiger partial charge < -0.3 is 23.5 Å². The van der Waals surface area contributed by atoms with Crippen molar-refractivity contribution in [3.05, 3.63) is 84.8 Å². The second-order valence-electron chi connectivity index (χ2n) is 6.40. The number of fused-ring (bicyclic) bond motifs is 1.